The molecule has 0 saturated carbocycles. The summed E-state index contributed by atoms with van der Waals surface area (Å²) in [5.74, 6) is -0.221. The Labute approximate surface area is 87.7 Å². The lowest BCUT2D eigenvalue weighted by atomic mass is 10.2. The van der Waals surface area contributed by atoms with Gasteiger partial charge in [0.25, 0.3) is 0 Å². The van der Waals surface area contributed by atoms with Crippen LogP contribution in [0.25, 0.3) is 10.9 Å². The number of aromatic nitrogens is 2. The summed E-state index contributed by atoms with van der Waals surface area (Å²) < 4.78 is 15.3. The van der Waals surface area contributed by atoms with Gasteiger partial charge in [-0.1, -0.05) is 6.07 Å². The van der Waals surface area contributed by atoms with Gasteiger partial charge in [0, 0.05) is 6.04 Å². The zero-order chi connectivity index (χ0) is 11.0. The third-order valence-electron chi connectivity index (χ3n) is 2.36. The summed E-state index contributed by atoms with van der Waals surface area (Å²) in [6.45, 7) is 4.32. The number of nitrogens with zero attached hydrogens (tertiary/aromatic N) is 2. The Bertz CT molecular complexity index is 488. The van der Waals surface area contributed by atoms with Crippen molar-refractivity contribution in [1.82, 2.24) is 9.78 Å². The second-order valence-corrected chi connectivity index (χ2v) is 3.88. The summed E-state index contributed by atoms with van der Waals surface area (Å²) in [4.78, 5) is 0. The normalized spacial score (nSPS) is 13.3. The molecular formula is C11H14FN3. The highest BCUT2D eigenvalue weighted by Crippen LogP contribution is 2.21. The van der Waals surface area contributed by atoms with Crippen molar-refractivity contribution in [2.75, 3.05) is 0 Å². The number of hydrogen-bond donors (Lipinski definition) is 1. The third kappa shape index (κ3) is 1.72. The summed E-state index contributed by atoms with van der Waals surface area (Å²) in [6, 6.07) is 5.01. The van der Waals surface area contributed by atoms with E-state index in [0.29, 0.717) is 17.6 Å². The summed E-state index contributed by atoms with van der Waals surface area (Å²) in [6.07, 6.45) is 0. The lowest BCUT2D eigenvalue weighted by Gasteiger charge is -2.06. The standard InChI is InChI=1S/C11H14FN3/c1-7(13)6-15-10-5-3-4-9(12)11(10)8(2)14-15/h3-5,7H,6,13H2,1-2H3. The molecule has 4 heteroatoms. The first-order chi connectivity index (χ1) is 7.09. The fourth-order valence-corrected chi connectivity index (χ4v) is 1.78. The quantitative estimate of drug-likeness (QED) is 0.816. The Kier molecular flexibility index (Phi) is 2.44. The van der Waals surface area contributed by atoms with Gasteiger partial charge in [0.1, 0.15) is 5.82 Å². The number of nitrogens with two attached hydrogens (primary N) is 1. The molecule has 0 fully saturated rings. The second kappa shape index (κ2) is 3.62. The molecule has 0 amide bonds. The van der Waals surface area contributed by atoms with Crippen LogP contribution in [0.5, 0.6) is 0 Å². The zero-order valence-electron chi connectivity index (χ0n) is 8.87. The van der Waals surface area contributed by atoms with E-state index in [1.54, 1.807) is 10.7 Å². The molecule has 0 radical (unpaired) electrons. The predicted octanol–water partition coefficient (Wildman–Crippen LogP) is 1.83. The molecule has 2 rings (SSSR count). The first kappa shape index (κ1) is 10.1. The van der Waals surface area contributed by atoms with Gasteiger partial charge in [-0.2, -0.15) is 5.10 Å². The van der Waals surface area contributed by atoms with E-state index in [1.807, 2.05) is 19.9 Å². The number of fused-ring (bicyclic) bond motifs is 1. The fourth-order valence-electron chi connectivity index (χ4n) is 1.78. The molecule has 1 unspecified atom stereocenters. The number of rotatable bonds is 2. The van der Waals surface area contributed by atoms with Crippen molar-refractivity contribution in [3.63, 3.8) is 0 Å². The number of aryl methyl sites for hydroxylation is 1. The Morgan fingerprint density at radius 2 is 2.27 bits per heavy atom. The van der Waals surface area contributed by atoms with Crippen molar-refractivity contribution >= 4 is 10.9 Å². The zero-order valence-corrected chi connectivity index (χ0v) is 8.87. The molecule has 2 N–H and O–H groups in total. The molecule has 0 aliphatic carbocycles. The fraction of sp³-hybridized carbons (Fsp3) is 0.364. The minimum Gasteiger partial charge on any atom is -0.326 e. The van der Waals surface area contributed by atoms with Gasteiger partial charge in [0.15, 0.2) is 0 Å². The molecule has 15 heavy (non-hydrogen) atoms. The molecule has 80 valence electrons. The number of hydrogen-bond acceptors (Lipinski definition) is 2. The van der Waals surface area contributed by atoms with Crippen LogP contribution in [0.2, 0.25) is 0 Å². The van der Waals surface area contributed by atoms with Crippen LogP contribution in [-0.4, -0.2) is 15.8 Å². The van der Waals surface area contributed by atoms with Crippen molar-refractivity contribution in [2.24, 2.45) is 5.73 Å². The van der Waals surface area contributed by atoms with Gasteiger partial charge in [-0.25, -0.2) is 4.39 Å². The van der Waals surface area contributed by atoms with E-state index in [-0.39, 0.29) is 11.9 Å². The van der Waals surface area contributed by atoms with Crippen molar-refractivity contribution in [3.05, 3.63) is 29.7 Å². The summed E-state index contributed by atoms with van der Waals surface area (Å²) in [5, 5.41) is 4.88. The maximum Gasteiger partial charge on any atom is 0.134 e. The first-order valence-corrected chi connectivity index (χ1v) is 4.97. The molecule has 1 heterocycles. The molecule has 0 spiro atoms. The van der Waals surface area contributed by atoms with Gasteiger partial charge in [0.2, 0.25) is 0 Å². The first-order valence-electron chi connectivity index (χ1n) is 4.97. The molecule has 1 aromatic carbocycles. The van der Waals surface area contributed by atoms with E-state index in [1.165, 1.54) is 6.07 Å². The van der Waals surface area contributed by atoms with Crippen LogP contribution in [0.15, 0.2) is 18.2 Å². The lowest BCUT2D eigenvalue weighted by Crippen LogP contribution is -2.22. The Morgan fingerprint density at radius 3 is 2.93 bits per heavy atom. The van der Waals surface area contributed by atoms with Crippen LogP contribution < -0.4 is 5.73 Å². The van der Waals surface area contributed by atoms with Crippen molar-refractivity contribution in [1.29, 1.82) is 0 Å². The van der Waals surface area contributed by atoms with Crippen LogP contribution in [0, 0.1) is 12.7 Å². The van der Waals surface area contributed by atoms with E-state index >= 15 is 0 Å². The molecule has 1 aromatic heterocycles. The van der Waals surface area contributed by atoms with E-state index in [9.17, 15) is 4.39 Å². The van der Waals surface area contributed by atoms with Crippen molar-refractivity contribution in [3.8, 4) is 0 Å². The minimum atomic E-state index is -0.221. The van der Waals surface area contributed by atoms with Gasteiger partial charge in [0.05, 0.1) is 23.1 Å². The van der Waals surface area contributed by atoms with Gasteiger partial charge in [-0.15, -0.1) is 0 Å². The van der Waals surface area contributed by atoms with E-state index in [2.05, 4.69) is 5.10 Å². The SMILES string of the molecule is Cc1nn(CC(C)N)c2cccc(F)c12. The maximum absolute atomic E-state index is 13.5. The monoisotopic (exact) mass is 207 g/mol. The molecule has 3 nitrogen and oxygen atoms in total. The summed E-state index contributed by atoms with van der Waals surface area (Å²) in [7, 11) is 0. The summed E-state index contributed by atoms with van der Waals surface area (Å²) in [5.41, 5.74) is 7.23. The minimum absolute atomic E-state index is 0.00997. The Balaban J connectivity index is 2.63. The average molecular weight is 207 g/mol. The topological polar surface area (TPSA) is 43.8 Å². The lowest BCUT2D eigenvalue weighted by molar-refractivity contribution is 0.550. The van der Waals surface area contributed by atoms with Crippen LogP contribution >= 0.6 is 0 Å². The molecule has 2 aromatic rings. The highest BCUT2D eigenvalue weighted by molar-refractivity contribution is 5.82. The highest BCUT2D eigenvalue weighted by atomic mass is 19.1. The second-order valence-electron chi connectivity index (χ2n) is 3.88. The van der Waals surface area contributed by atoms with Gasteiger partial charge < -0.3 is 5.73 Å². The third-order valence-corrected chi connectivity index (χ3v) is 2.36. The van der Waals surface area contributed by atoms with Gasteiger partial charge in [-0.3, -0.25) is 4.68 Å². The Morgan fingerprint density at radius 1 is 1.53 bits per heavy atom. The maximum atomic E-state index is 13.5. The van der Waals surface area contributed by atoms with Gasteiger partial charge in [-0.05, 0) is 26.0 Å². The molecular weight excluding hydrogens is 193 g/mol. The Hall–Kier alpha value is -1.42. The predicted molar refractivity (Wildman–Crippen MR) is 58.1 cm³/mol. The average Bonchev–Trinajstić information content (AvgIpc) is 2.44. The van der Waals surface area contributed by atoms with E-state index in [0.717, 1.165) is 5.52 Å². The van der Waals surface area contributed by atoms with Crippen molar-refractivity contribution in [2.45, 2.75) is 26.4 Å². The van der Waals surface area contributed by atoms with E-state index in [4.69, 9.17) is 5.73 Å². The smallest absolute Gasteiger partial charge is 0.134 e. The molecule has 0 saturated heterocycles. The van der Waals surface area contributed by atoms with Gasteiger partial charge >= 0.3 is 0 Å². The largest absolute Gasteiger partial charge is 0.326 e. The molecule has 0 aliphatic rings. The van der Waals surface area contributed by atoms with E-state index < -0.39 is 0 Å². The molecule has 0 bridgehead atoms. The van der Waals surface area contributed by atoms with Crippen LogP contribution in [-0.2, 0) is 6.54 Å². The number of benzene rings is 1. The van der Waals surface area contributed by atoms with Crippen LogP contribution in [0.4, 0.5) is 4.39 Å². The molecule has 0 aliphatic heterocycles. The number of halogens is 1. The highest BCUT2D eigenvalue weighted by Gasteiger charge is 2.11. The molecule has 1 atom stereocenters. The summed E-state index contributed by atoms with van der Waals surface area (Å²) >= 11 is 0. The van der Waals surface area contributed by atoms with Crippen LogP contribution in [0.1, 0.15) is 12.6 Å². The van der Waals surface area contributed by atoms with Crippen LogP contribution in [0.3, 0.4) is 0 Å². The van der Waals surface area contributed by atoms with Crippen molar-refractivity contribution < 1.29 is 4.39 Å².